The van der Waals surface area contributed by atoms with Gasteiger partial charge in [-0.15, -0.1) is 6.04 Å². The minimum atomic E-state index is 0. The average Bonchev–Trinajstić information content (AvgIpc) is 1.77. The van der Waals surface area contributed by atoms with E-state index in [1.807, 2.05) is 0 Å². The van der Waals surface area contributed by atoms with E-state index in [4.69, 9.17) is 0 Å². The van der Waals surface area contributed by atoms with Crippen LogP contribution in [-0.2, 0) is 21.1 Å². The average molecular weight is 296 g/mol. The van der Waals surface area contributed by atoms with Crippen molar-refractivity contribution < 1.29 is 21.1 Å². The van der Waals surface area contributed by atoms with Crippen molar-refractivity contribution in [1.82, 2.24) is 4.90 Å². The van der Waals surface area contributed by atoms with E-state index < -0.39 is 0 Å². The first-order valence-corrected chi connectivity index (χ1v) is 3.34. The number of piperidine rings is 1. The SMILES string of the molecule is [CH2-]C1CCCCN1C.[W]. The molecular formula is C7H14NW-. The van der Waals surface area contributed by atoms with Crippen LogP contribution in [0.1, 0.15) is 19.3 Å². The summed E-state index contributed by atoms with van der Waals surface area (Å²) < 4.78 is 0. The van der Waals surface area contributed by atoms with Crippen LogP contribution in [0.5, 0.6) is 0 Å². The molecule has 0 spiro atoms. The Hall–Kier alpha value is 0.648. The van der Waals surface area contributed by atoms with Crippen LogP contribution in [-0.4, -0.2) is 24.5 Å². The smallest absolute Gasteiger partial charge is 0 e. The van der Waals surface area contributed by atoms with Crippen LogP contribution < -0.4 is 0 Å². The maximum Gasteiger partial charge on any atom is 0 e. The van der Waals surface area contributed by atoms with Crippen molar-refractivity contribution in [3.05, 3.63) is 6.92 Å². The van der Waals surface area contributed by atoms with E-state index in [9.17, 15) is 0 Å². The second-order valence-electron chi connectivity index (χ2n) is 2.63. The van der Waals surface area contributed by atoms with Crippen molar-refractivity contribution in [3.8, 4) is 0 Å². The van der Waals surface area contributed by atoms with Crippen molar-refractivity contribution in [2.45, 2.75) is 25.3 Å². The molecule has 54 valence electrons. The first-order valence-electron chi connectivity index (χ1n) is 3.34. The monoisotopic (exact) mass is 296 g/mol. The maximum atomic E-state index is 4.00. The van der Waals surface area contributed by atoms with E-state index >= 15 is 0 Å². The van der Waals surface area contributed by atoms with Crippen LogP contribution in [0.3, 0.4) is 0 Å². The Labute approximate surface area is 72.1 Å². The molecular weight excluding hydrogens is 282 g/mol. The molecule has 1 rings (SSSR count). The zero-order valence-electron chi connectivity index (χ0n) is 5.97. The summed E-state index contributed by atoms with van der Waals surface area (Å²) in [6.07, 6.45) is 4.03. The van der Waals surface area contributed by atoms with Gasteiger partial charge in [0.15, 0.2) is 0 Å². The van der Waals surface area contributed by atoms with Gasteiger partial charge in [0.05, 0.1) is 0 Å². The number of hydrogen-bond donors (Lipinski definition) is 0. The van der Waals surface area contributed by atoms with E-state index in [1.54, 1.807) is 0 Å². The zero-order valence-corrected chi connectivity index (χ0v) is 8.90. The molecule has 0 saturated carbocycles. The second kappa shape index (κ2) is 4.46. The maximum absolute atomic E-state index is 4.00. The second-order valence-corrected chi connectivity index (χ2v) is 2.63. The van der Waals surface area contributed by atoms with Gasteiger partial charge in [-0.25, -0.2) is 0 Å². The Morgan fingerprint density at radius 3 is 2.44 bits per heavy atom. The van der Waals surface area contributed by atoms with Gasteiger partial charge < -0.3 is 11.8 Å². The number of likely N-dealkylation sites (tertiary alicyclic amines) is 1. The predicted molar refractivity (Wildman–Crippen MR) is 35.6 cm³/mol. The van der Waals surface area contributed by atoms with Crippen LogP contribution in [0.4, 0.5) is 0 Å². The van der Waals surface area contributed by atoms with Crippen molar-refractivity contribution in [3.63, 3.8) is 0 Å². The molecule has 1 unspecified atom stereocenters. The van der Waals surface area contributed by atoms with Crippen LogP contribution in [0, 0.1) is 6.92 Å². The van der Waals surface area contributed by atoms with Gasteiger partial charge in [-0.3, -0.25) is 0 Å². The summed E-state index contributed by atoms with van der Waals surface area (Å²) >= 11 is 0. The molecule has 0 N–H and O–H groups in total. The Bertz CT molecular complexity index is 65.3. The van der Waals surface area contributed by atoms with E-state index in [0.717, 1.165) is 0 Å². The quantitative estimate of drug-likeness (QED) is 0.609. The first kappa shape index (κ1) is 9.65. The molecule has 1 nitrogen and oxygen atoms in total. The molecule has 0 aromatic rings. The van der Waals surface area contributed by atoms with Crippen molar-refractivity contribution in [1.29, 1.82) is 0 Å². The van der Waals surface area contributed by atoms with Gasteiger partial charge in [0, 0.05) is 21.1 Å². The molecule has 9 heavy (non-hydrogen) atoms. The third kappa shape index (κ3) is 2.82. The molecule has 0 amide bonds. The van der Waals surface area contributed by atoms with Crippen molar-refractivity contribution >= 4 is 0 Å². The third-order valence-corrected chi connectivity index (χ3v) is 1.92. The Morgan fingerprint density at radius 1 is 1.44 bits per heavy atom. The summed E-state index contributed by atoms with van der Waals surface area (Å²) in [4.78, 5) is 2.32. The number of hydrogen-bond acceptors (Lipinski definition) is 1. The minimum Gasteiger partial charge on any atom is -0.333 e. The Morgan fingerprint density at radius 2 is 2.11 bits per heavy atom. The third-order valence-electron chi connectivity index (χ3n) is 1.92. The summed E-state index contributed by atoms with van der Waals surface area (Å²) in [6.45, 7) is 5.25. The molecule has 1 aliphatic heterocycles. The molecule has 0 bridgehead atoms. The molecule has 1 saturated heterocycles. The zero-order chi connectivity index (χ0) is 5.98. The fourth-order valence-electron chi connectivity index (χ4n) is 1.14. The fourth-order valence-corrected chi connectivity index (χ4v) is 1.14. The molecule has 0 aromatic heterocycles. The molecule has 1 atom stereocenters. The van der Waals surface area contributed by atoms with Gasteiger partial charge in [-0.05, 0) is 20.0 Å². The Kier molecular flexibility index (Phi) is 4.78. The predicted octanol–water partition coefficient (Wildman–Crippen LogP) is 1.30. The van der Waals surface area contributed by atoms with Gasteiger partial charge in [0.2, 0.25) is 0 Å². The first-order chi connectivity index (χ1) is 3.80. The largest absolute Gasteiger partial charge is 0.333 e. The van der Waals surface area contributed by atoms with E-state index in [0.29, 0.717) is 6.04 Å². The summed E-state index contributed by atoms with van der Waals surface area (Å²) in [5.41, 5.74) is 0. The van der Waals surface area contributed by atoms with Gasteiger partial charge in [0.25, 0.3) is 0 Å². The molecule has 2 heteroatoms. The molecule has 0 aliphatic carbocycles. The summed E-state index contributed by atoms with van der Waals surface area (Å²) in [6, 6.07) is 0.587. The fraction of sp³-hybridized carbons (Fsp3) is 0.857. The van der Waals surface area contributed by atoms with Gasteiger partial charge >= 0.3 is 0 Å². The normalized spacial score (nSPS) is 29.3. The topological polar surface area (TPSA) is 3.24 Å². The van der Waals surface area contributed by atoms with E-state index in [1.165, 1.54) is 25.8 Å². The molecule has 0 aromatic carbocycles. The van der Waals surface area contributed by atoms with Gasteiger partial charge in [-0.1, -0.05) is 12.8 Å². The molecule has 1 aliphatic rings. The van der Waals surface area contributed by atoms with Gasteiger partial charge in [-0.2, -0.15) is 0 Å². The van der Waals surface area contributed by atoms with Crippen LogP contribution in [0.15, 0.2) is 0 Å². The van der Waals surface area contributed by atoms with Crippen LogP contribution in [0.25, 0.3) is 0 Å². The van der Waals surface area contributed by atoms with E-state index in [-0.39, 0.29) is 21.1 Å². The van der Waals surface area contributed by atoms with Crippen LogP contribution in [0.2, 0.25) is 0 Å². The van der Waals surface area contributed by atoms with E-state index in [2.05, 4.69) is 18.9 Å². The molecule has 1 heterocycles. The minimum absolute atomic E-state index is 0. The number of nitrogens with zero attached hydrogens (tertiary/aromatic N) is 1. The van der Waals surface area contributed by atoms with Crippen molar-refractivity contribution in [2.24, 2.45) is 0 Å². The standard InChI is InChI=1S/C7H14N.W/c1-7-5-3-4-6-8(7)2;/h7H,1,3-6H2,2H3;/q-1;. The number of rotatable bonds is 0. The molecule has 1 fully saturated rings. The summed E-state index contributed by atoms with van der Waals surface area (Å²) in [7, 11) is 2.15. The Balaban J connectivity index is 0.000000640. The van der Waals surface area contributed by atoms with Gasteiger partial charge in [0.1, 0.15) is 0 Å². The summed E-state index contributed by atoms with van der Waals surface area (Å²) in [5.74, 6) is 0. The van der Waals surface area contributed by atoms with Crippen LogP contribution >= 0.6 is 0 Å². The molecule has 0 radical (unpaired) electrons. The van der Waals surface area contributed by atoms with Crippen molar-refractivity contribution in [2.75, 3.05) is 13.6 Å². The summed E-state index contributed by atoms with van der Waals surface area (Å²) in [5, 5.41) is 0.